The van der Waals surface area contributed by atoms with Crippen molar-refractivity contribution in [3.63, 3.8) is 0 Å². The van der Waals surface area contributed by atoms with E-state index in [1.807, 2.05) is 30.2 Å². The fraction of sp³-hybridized carbons (Fsp3) is 0.200. The van der Waals surface area contributed by atoms with Crippen molar-refractivity contribution in [2.75, 3.05) is 19.7 Å². The number of alkyl carbamates (subject to hydrolysis) is 1. The summed E-state index contributed by atoms with van der Waals surface area (Å²) in [5, 5.41) is 5.06. The van der Waals surface area contributed by atoms with Crippen LogP contribution >= 0.6 is 0 Å². The molecule has 0 fully saturated rings. The molecule has 2 amide bonds. The van der Waals surface area contributed by atoms with Crippen LogP contribution in [0.5, 0.6) is 0 Å². The average Bonchev–Trinajstić information content (AvgIpc) is 2.97. The van der Waals surface area contributed by atoms with Crippen LogP contribution in [0.3, 0.4) is 0 Å². The van der Waals surface area contributed by atoms with Crippen LogP contribution in [0, 0.1) is 12.3 Å². The molecule has 0 heterocycles. The second-order valence-electron chi connectivity index (χ2n) is 5.65. The molecule has 1 aliphatic rings. The van der Waals surface area contributed by atoms with Crippen molar-refractivity contribution in [2.45, 2.75) is 5.92 Å². The summed E-state index contributed by atoms with van der Waals surface area (Å²) in [6.45, 7) is 0.772. The summed E-state index contributed by atoms with van der Waals surface area (Å²) in [5.41, 5.74) is 4.70. The minimum absolute atomic E-state index is 0.0271. The maximum atomic E-state index is 11.9. The first-order valence-electron chi connectivity index (χ1n) is 8.04. The Balaban J connectivity index is 1.58. The number of nitrogens with one attached hydrogen (secondary N) is 2. The van der Waals surface area contributed by atoms with Crippen molar-refractivity contribution in [3.8, 4) is 23.5 Å². The van der Waals surface area contributed by atoms with Crippen molar-refractivity contribution in [1.29, 1.82) is 0 Å². The minimum atomic E-state index is -0.517. The number of hydrogen-bond donors (Lipinski definition) is 2. The van der Waals surface area contributed by atoms with Gasteiger partial charge in [0.05, 0.1) is 0 Å². The SMILES string of the molecule is C#CC(=O)NCCNC(=O)OCC1c2ccccc2-c2ccccc21. The number of carbonyl (C=O) groups excluding carboxylic acids is 2. The molecule has 0 atom stereocenters. The third-order valence-electron chi connectivity index (χ3n) is 4.15. The Kier molecular flexibility index (Phi) is 5.00. The van der Waals surface area contributed by atoms with Crippen LogP contribution in [-0.4, -0.2) is 31.7 Å². The maximum absolute atomic E-state index is 11.9. The molecule has 0 bridgehead atoms. The normalized spacial score (nSPS) is 11.8. The van der Waals surface area contributed by atoms with Gasteiger partial charge in [-0.1, -0.05) is 48.5 Å². The smallest absolute Gasteiger partial charge is 0.407 e. The van der Waals surface area contributed by atoms with Crippen molar-refractivity contribution in [1.82, 2.24) is 10.6 Å². The number of carbonyl (C=O) groups is 2. The second-order valence-corrected chi connectivity index (χ2v) is 5.65. The van der Waals surface area contributed by atoms with Crippen molar-refractivity contribution in [3.05, 3.63) is 59.7 Å². The molecule has 0 aliphatic heterocycles. The number of fused-ring (bicyclic) bond motifs is 3. The first-order chi connectivity index (χ1) is 12.2. The highest BCUT2D eigenvalue weighted by molar-refractivity contribution is 5.92. The van der Waals surface area contributed by atoms with E-state index in [0.717, 1.165) is 11.1 Å². The predicted octanol–water partition coefficient (Wildman–Crippen LogP) is 2.27. The van der Waals surface area contributed by atoms with E-state index >= 15 is 0 Å². The Labute approximate surface area is 146 Å². The zero-order valence-electron chi connectivity index (χ0n) is 13.6. The highest BCUT2D eigenvalue weighted by Crippen LogP contribution is 2.44. The van der Waals surface area contributed by atoms with E-state index in [4.69, 9.17) is 11.2 Å². The average molecular weight is 334 g/mol. The van der Waals surface area contributed by atoms with E-state index in [-0.39, 0.29) is 25.6 Å². The minimum Gasteiger partial charge on any atom is -0.449 e. The van der Waals surface area contributed by atoms with Crippen LogP contribution in [0.25, 0.3) is 11.1 Å². The van der Waals surface area contributed by atoms with E-state index < -0.39 is 12.0 Å². The van der Waals surface area contributed by atoms with Crippen LogP contribution in [0.4, 0.5) is 4.79 Å². The molecule has 25 heavy (non-hydrogen) atoms. The number of rotatable bonds is 5. The molecular weight excluding hydrogens is 316 g/mol. The summed E-state index contributed by atoms with van der Waals surface area (Å²) in [6, 6.07) is 16.3. The standard InChI is InChI=1S/C20H18N2O3/c1-2-19(23)21-11-12-22-20(24)25-13-18-16-9-5-3-7-14(16)15-8-4-6-10-17(15)18/h1,3-10,18H,11-13H2,(H,21,23)(H,22,24). The van der Waals surface area contributed by atoms with Crippen LogP contribution < -0.4 is 10.6 Å². The van der Waals surface area contributed by atoms with Crippen LogP contribution in [0.1, 0.15) is 17.0 Å². The lowest BCUT2D eigenvalue weighted by Gasteiger charge is -2.14. The zero-order chi connectivity index (χ0) is 17.6. The lowest BCUT2D eigenvalue weighted by molar-refractivity contribution is -0.115. The molecule has 5 heteroatoms. The van der Waals surface area contributed by atoms with Gasteiger partial charge in [0.15, 0.2) is 0 Å². The third-order valence-corrected chi connectivity index (χ3v) is 4.15. The fourth-order valence-electron chi connectivity index (χ4n) is 3.04. The van der Waals surface area contributed by atoms with E-state index in [0.29, 0.717) is 0 Å². The van der Waals surface area contributed by atoms with Gasteiger partial charge in [0.2, 0.25) is 0 Å². The van der Waals surface area contributed by atoms with Gasteiger partial charge >= 0.3 is 6.09 Å². The van der Waals surface area contributed by atoms with Crippen LogP contribution in [0.2, 0.25) is 0 Å². The van der Waals surface area contributed by atoms with Gasteiger partial charge < -0.3 is 15.4 Å². The van der Waals surface area contributed by atoms with E-state index in [1.165, 1.54) is 11.1 Å². The monoisotopic (exact) mass is 334 g/mol. The van der Waals surface area contributed by atoms with Crippen LogP contribution in [0.15, 0.2) is 48.5 Å². The topological polar surface area (TPSA) is 67.4 Å². The van der Waals surface area contributed by atoms with E-state index in [2.05, 4.69) is 34.9 Å². The molecule has 2 aromatic rings. The highest BCUT2D eigenvalue weighted by Gasteiger charge is 2.28. The molecule has 0 saturated carbocycles. The molecular formula is C20H18N2O3. The summed E-state index contributed by atoms with van der Waals surface area (Å²) in [4.78, 5) is 22.8. The Morgan fingerprint density at radius 3 is 2.12 bits per heavy atom. The lowest BCUT2D eigenvalue weighted by Crippen LogP contribution is -2.34. The number of benzene rings is 2. The van der Waals surface area contributed by atoms with E-state index in [9.17, 15) is 9.59 Å². The molecule has 2 aromatic carbocycles. The van der Waals surface area contributed by atoms with Gasteiger partial charge in [-0.15, -0.1) is 6.42 Å². The summed E-state index contributed by atoms with van der Waals surface area (Å²) in [5.74, 6) is 1.46. The summed E-state index contributed by atoms with van der Waals surface area (Å²) < 4.78 is 5.37. The van der Waals surface area contributed by atoms with Crippen molar-refractivity contribution in [2.24, 2.45) is 0 Å². The number of terminal acetylenes is 1. The van der Waals surface area contributed by atoms with Gasteiger partial charge in [0.1, 0.15) is 6.61 Å². The van der Waals surface area contributed by atoms with Gasteiger partial charge in [-0.05, 0) is 28.2 Å². The maximum Gasteiger partial charge on any atom is 0.407 e. The van der Waals surface area contributed by atoms with Crippen molar-refractivity contribution >= 4 is 12.0 Å². The Bertz CT molecular complexity index is 793. The lowest BCUT2D eigenvalue weighted by atomic mass is 9.98. The second kappa shape index (κ2) is 7.54. The zero-order valence-corrected chi connectivity index (χ0v) is 13.6. The van der Waals surface area contributed by atoms with Crippen molar-refractivity contribution < 1.29 is 14.3 Å². The van der Waals surface area contributed by atoms with Gasteiger partial charge in [0, 0.05) is 19.0 Å². The summed E-state index contributed by atoms with van der Waals surface area (Å²) in [6.07, 6.45) is 4.42. The molecule has 0 unspecified atom stereocenters. The molecule has 126 valence electrons. The van der Waals surface area contributed by atoms with Gasteiger partial charge in [-0.25, -0.2) is 4.79 Å². The Morgan fingerprint density at radius 1 is 0.960 bits per heavy atom. The summed E-state index contributed by atoms with van der Waals surface area (Å²) >= 11 is 0. The molecule has 2 N–H and O–H groups in total. The first-order valence-corrected chi connectivity index (χ1v) is 8.04. The third kappa shape index (κ3) is 3.64. The van der Waals surface area contributed by atoms with Gasteiger partial charge in [-0.3, -0.25) is 4.79 Å². The highest BCUT2D eigenvalue weighted by atomic mass is 16.5. The molecule has 3 rings (SSSR count). The molecule has 0 radical (unpaired) electrons. The molecule has 0 saturated heterocycles. The molecule has 5 nitrogen and oxygen atoms in total. The van der Waals surface area contributed by atoms with Gasteiger partial charge in [-0.2, -0.15) is 0 Å². The first kappa shape index (κ1) is 16.6. The van der Waals surface area contributed by atoms with Crippen LogP contribution in [-0.2, 0) is 9.53 Å². The number of amides is 2. The molecule has 1 aliphatic carbocycles. The number of hydrogen-bond acceptors (Lipinski definition) is 3. The number of ether oxygens (including phenoxy) is 1. The summed E-state index contributed by atoms with van der Waals surface area (Å²) in [7, 11) is 0. The largest absolute Gasteiger partial charge is 0.449 e. The fourth-order valence-corrected chi connectivity index (χ4v) is 3.04. The van der Waals surface area contributed by atoms with Gasteiger partial charge in [0.25, 0.3) is 5.91 Å². The Morgan fingerprint density at radius 2 is 1.52 bits per heavy atom. The quantitative estimate of drug-likeness (QED) is 0.651. The molecule has 0 aromatic heterocycles. The molecule has 0 spiro atoms. The van der Waals surface area contributed by atoms with E-state index in [1.54, 1.807) is 0 Å². The Hall–Kier alpha value is -3.26. The predicted molar refractivity (Wildman–Crippen MR) is 94.9 cm³/mol.